The van der Waals surface area contributed by atoms with Crippen LogP contribution >= 0.6 is 11.6 Å². The maximum atomic E-state index is 10.7. The monoisotopic (exact) mass is 244 g/mol. The third-order valence-corrected chi connectivity index (χ3v) is 2.21. The molecule has 0 spiro atoms. The van der Waals surface area contributed by atoms with Gasteiger partial charge in [-0.25, -0.2) is 9.59 Å². The molecule has 0 amide bonds. The lowest BCUT2D eigenvalue weighted by molar-refractivity contribution is 0.0695. The molecule has 88 valence electrons. The molecule has 0 bridgehead atoms. The molecule has 0 aliphatic heterocycles. The van der Waals surface area contributed by atoms with Gasteiger partial charge in [-0.2, -0.15) is 0 Å². The van der Waals surface area contributed by atoms with Gasteiger partial charge in [0, 0.05) is 5.02 Å². The van der Waals surface area contributed by atoms with Crippen LogP contribution in [0.1, 0.15) is 40.1 Å². The van der Waals surface area contributed by atoms with E-state index in [0.717, 1.165) is 6.07 Å². The molecule has 1 rings (SSSR count). The molecule has 0 aliphatic rings. The van der Waals surface area contributed by atoms with Crippen molar-refractivity contribution in [2.24, 2.45) is 0 Å². The molecule has 0 unspecified atom stereocenters. The molecule has 0 fully saturated rings. The Morgan fingerprint density at radius 3 is 2.00 bits per heavy atom. The highest BCUT2D eigenvalue weighted by Gasteiger charge is 2.14. The van der Waals surface area contributed by atoms with E-state index in [9.17, 15) is 9.59 Å². The number of benzene rings is 1. The van der Waals surface area contributed by atoms with E-state index < -0.39 is 11.9 Å². The maximum absolute atomic E-state index is 10.7. The van der Waals surface area contributed by atoms with E-state index in [4.69, 9.17) is 21.8 Å². The Balaban J connectivity index is 0.00000106. The van der Waals surface area contributed by atoms with Gasteiger partial charge in [0.25, 0.3) is 0 Å². The summed E-state index contributed by atoms with van der Waals surface area (Å²) in [6, 6.07) is 2.32. The maximum Gasteiger partial charge on any atom is 0.336 e. The van der Waals surface area contributed by atoms with E-state index in [-0.39, 0.29) is 16.1 Å². The topological polar surface area (TPSA) is 74.6 Å². The number of aromatic carboxylic acids is 2. The van der Waals surface area contributed by atoms with Gasteiger partial charge in [-0.3, -0.25) is 0 Å². The Hall–Kier alpha value is -1.55. The highest BCUT2D eigenvalue weighted by molar-refractivity contribution is 6.32. The van der Waals surface area contributed by atoms with Crippen molar-refractivity contribution in [1.82, 2.24) is 0 Å². The fraction of sp³-hybridized carbons (Fsp3) is 0.273. The smallest absolute Gasteiger partial charge is 0.336 e. The van der Waals surface area contributed by atoms with E-state index in [0.29, 0.717) is 5.56 Å². The van der Waals surface area contributed by atoms with Crippen molar-refractivity contribution in [2.75, 3.05) is 0 Å². The molecule has 0 aromatic heterocycles. The van der Waals surface area contributed by atoms with Crippen molar-refractivity contribution in [3.05, 3.63) is 33.8 Å². The SMILES string of the molecule is CC.Cc1c(Cl)cc(C(=O)O)cc1C(=O)O. The first-order chi connectivity index (χ1) is 7.43. The van der Waals surface area contributed by atoms with Gasteiger partial charge in [0.15, 0.2) is 0 Å². The molecule has 0 atom stereocenters. The number of hydrogen-bond acceptors (Lipinski definition) is 2. The number of halogens is 1. The summed E-state index contributed by atoms with van der Waals surface area (Å²) < 4.78 is 0. The predicted octanol–water partition coefficient (Wildman–Crippen LogP) is 3.07. The summed E-state index contributed by atoms with van der Waals surface area (Å²) in [5.41, 5.74) is 0.150. The number of carboxylic acids is 2. The Bertz CT molecular complexity index is 413. The lowest BCUT2D eigenvalue weighted by Crippen LogP contribution is -2.05. The van der Waals surface area contributed by atoms with Gasteiger partial charge in [-0.05, 0) is 24.6 Å². The molecular weight excluding hydrogens is 232 g/mol. The summed E-state index contributed by atoms with van der Waals surface area (Å²) in [6.45, 7) is 5.53. The van der Waals surface area contributed by atoms with Gasteiger partial charge in [-0.15, -0.1) is 0 Å². The first kappa shape index (κ1) is 14.5. The van der Waals surface area contributed by atoms with Gasteiger partial charge in [0.2, 0.25) is 0 Å². The van der Waals surface area contributed by atoms with E-state index in [1.54, 1.807) is 0 Å². The molecule has 5 heteroatoms. The Morgan fingerprint density at radius 2 is 1.62 bits per heavy atom. The van der Waals surface area contributed by atoms with Crippen LogP contribution in [0.5, 0.6) is 0 Å². The summed E-state index contributed by atoms with van der Waals surface area (Å²) in [4.78, 5) is 21.3. The van der Waals surface area contributed by atoms with Gasteiger partial charge >= 0.3 is 11.9 Å². The van der Waals surface area contributed by atoms with Crippen LogP contribution in [0.3, 0.4) is 0 Å². The summed E-state index contributed by atoms with van der Waals surface area (Å²) in [5, 5.41) is 17.5. The normalized spacial score (nSPS) is 9.00. The zero-order chi connectivity index (χ0) is 12.9. The fourth-order valence-electron chi connectivity index (χ4n) is 1.02. The van der Waals surface area contributed by atoms with Crippen LogP contribution in [0.25, 0.3) is 0 Å². The van der Waals surface area contributed by atoms with Gasteiger partial charge in [0.05, 0.1) is 11.1 Å². The minimum absolute atomic E-state index is 0.0881. The van der Waals surface area contributed by atoms with Crippen molar-refractivity contribution >= 4 is 23.5 Å². The van der Waals surface area contributed by atoms with Crippen LogP contribution in [0.4, 0.5) is 0 Å². The van der Waals surface area contributed by atoms with Crippen LogP contribution in [0.15, 0.2) is 12.1 Å². The average Bonchev–Trinajstić information content (AvgIpc) is 2.24. The zero-order valence-electron chi connectivity index (χ0n) is 9.24. The number of carboxylic acid groups (broad SMARTS) is 2. The highest BCUT2D eigenvalue weighted by Crippen LogP contribution is 2.21. The summed E-state index contributed by atoms with van der Waals surface area (Å²) in [7, 11) is 0. The second-order valence-corrected chi connectivity index (χ2v) is 3.15. The summed E-state index contributed by atoms with van der Waals surface area (Å²) >= 11 is 5.68. The molecule has 0 saturated heterocycles. The predicted molar refractivity (Wildman–Crippen MR) is 61.5 cm³/mol. The largest absolute Gasteiger partial charge is 0.478 e. The lowest BCUT2D eigenvalue weighted by Gasteiger charge is -2.04. The Labute approximate surface area is 98.5 Å². The number of rotatable bonds is 2. The van der Waals surface area contributed by atoms with Crippen LogP contribution < -0.4 is 0 Å². The van der Waals surface area contributed by atoms with Gasteiger partial charge < -0.3 is 10.2 Å². The van der Waals surface area contributed by atoms with Crippen molar-refractivity contribution in [2.45, 2.75) is 20.8 Å². The molecule has 0 saturated carbocycles. The standard InChI is InChI=1S/C9H7ClO4.C2H6/c1-4-6(9(13)14)2-5(8(11)12)3-7(4)10;1-2/h2-3H,1H3,(H,11,12)(H,13,14);1-2H3. The van der Waals surface area contributed by atoms with Gasteiger partial charge in [0.1, 0.15) is 0 Å². The lowest BCUT2D eigenvalue weighted by atomic mass is 10.1. The molecule has 1 aromatic carbocycles. The highest BCUT2D eigenvalue weighted by atomic mass is 35.5. The molecular formula is C11H13ClO4. The molecule has 0 radical (unpaired) electrons. The van der Waals surface area contributed by atoms with E-state index in [1.807, 2.05) is 13.8 Å². The van der Waals surface area contributed by atoms with Crippen molar-refractivity contribution in [3.8, 4) is 0 Å². The molecule has 16 heavy (non-hydrogen) atoms. The second kappa shape index (κ2) is 6.12. The second-order valence-electron chi connectivity index (χ2n) is 2.74. The molecule has 0 heterocycles. The van der Waals surface area contributed by atoms with Crippen LogP contribution in [-0.2, 0) is 0 Å². The van der Waals surface area contributed by atoms with Crippen molar-refractivity contribution < 1.29 is 19.8 Å². The first-order valence-electron chi connectivity index (χ1n) is 4.70. The molecule has 0 aliphatic carbocycles. The van der Waals surface area contributed by atoms with Crippen LogP contribution in [0, 0.1) is 6.92 Å². The van der Waals surface area contributed by atoms with Crippen LogP contribution in [-0.4, -0.2) is 22.2 Å². The summed E-state index contributed by atoms with van der Waals surface area (Å²) in [5.74, 6) is -2.39. The van der Waals surface area contributed by atoms with E-state index >= 15 is 0 Å². The zero-order valence-corrected chi connectivity index (χ0v) is 10.00. The molecule has 1 aromatic rings. The quantitative estimate of drug-likeness (QED) is 0.838. The number of carbonyl (C=O) groups is 2. The first-order valence-corrected chi connectivity index (χ1v) is 5.08. The minimum Gasteiger partial charge on any atom is -0.478 e. The van der Waals surface area contributed by atoms with Crippen LogP contribution in [0.2, 0.25) is 5.02 Å². The van der Waals surface area contributed by atoms with Crippen molar-refractivity contribution in [3.63, 3.8) is 0 Å². The van der Waals surface area contributed by atoms with E-state index in [1.165, 1.54) is 13.0 Å². The molecule has 4 nitrogen and oxygen atoms in total. The third kappa shape index (κ3) is 3.24. The minimum atomic E-state index is -1.20. The average molecular weight is 245 g/mol. The fourth-order valence-corrected chi connectivity index (χ4v) is 1.24. The summed E-state index contributed by atoms with van der Waals surface area (Å²) in [6.07, 6.45) is 0. The van der Waals surface area contributed by atoms with E-state index in [2.05, 4.69) is 0 Å². The Kier molecular flexibility index (Phi) is 5.53. The molecule has 2 N–H and O–H groups in total. The Morgan fingerprint density at radius 1 is 1.12 bits per heavy atom. The number of hydrogen-bond donors (Lipinski definition) is 2. The third-order valence-electron chi connectivity index (χ3n) is 1.82. The van der Waals surface area contributed by atoms with Gasteiger partial charge in [-0.1, -0.05) is 25.4 Å². The van der Waals surface area contributed by atoms with Crippen molar-refractivity contribution in [1.29, 1.82) is 0 Å².